The molecule has 0 aliphatic carbocycles. The Bertz CT molecular complexity index is 359. The fraction of sp³-hybridized carbons (Fsp3) is 0.846. The van der Waals surface area contributed by atoms with Gasteiger partial charge in [-0.1, -0.05) is 13.8 Å². The van der Waals surface area contributed by atoms with Crippen molar-refractivity contribution >= 4 is 5.95 Å². The van der Waals surface area contributed by atoms with Gasteiger partial charge in [0.2, 0.25) is 5.89 Å². The lowest BCUT2D eigenvalue weighted by atomic mass is 9.82. The van der Waals surface area contributed by atoms with E-state index in [0.717, 1.165) is 31.9 Å². The Labute approximate surface area is 109 Å². The van der Waals surface area contributed by atoms with E-state index in [1.54, 1.807) is 0 Å². The van der Waals surface area contributed by atoms with Gasteiger partial charge in [0, 0.05) is 19.6 Å². The molecule has 102 valence electrons. The van der Waals surface area contributed by atoms with Gasteiger partial charge in [0.1, 0.15) is 0 Å². The van der Waals surface area contributed by atoms with Gasteiger partial charge in [0.15, 0.2) is 0 Å². The summed E-state index contributed by atoms with van der Waals surface area (Å²) >= 11 is 0. The Hall–Kier alpha value is -1.10. The SMILES string of the molecule is CCC(CC)(CN)c1nc(N2CCCCC2)no1. The maximum absolute atomic E-state index is 5.91. The van der Waals surface area contributed by atoms with E-state index in [4.69, 9.17) is 10.3 Å². The molecule has 2 rings (SSSR count). The van der Waals surface area contributed by atoms with E-state index in [1.807, 2.05) is 0 Å². The van der Waals surface area contributed by atoms with E-state index in [9.17, 15) is 0 Å². The van der Waals surface area contributed by atoms with E-state index >= 15 is 0 Å². The van der Waals surface area contributed by atoms with Crippen molar-refractivity contribution in [2.24, 2.45) is 5.73 Å². The molecule has 1 fully saturated rings. The van der Waals surface area contributed by atoms with Gasteiger partial charge < -0.3 is 15.2 Å². The Balaban J connectivity index is 2.18. The highest BCUT2D eigenvalue weighted by molar-refractivity contribution is 5.29. The van der Waals surface area contributed by atoms with Crippen LogP contribution in [0.15, 0.2) is 4.52 Å². The summed E-state index contributed by atoms with van der Waals surface area (Å²) in [6.45, 7) is 6.88. The standard InChI is InChI=1S/C13H24N4O/c1-3-13(4-2,10-14)11-15-12(16-18-11)17-8-6-5-7-9-17/h3-10,14H2,1-2H3. The van der Waals surface area contributed by atoms with E-state index in [1.165, 1.54) is 19.3 Å². The molecule has 1 aliphatic heterocycles. The van der Waals surface area contributed by atoms with Crippen molar-refractivity contribution < 1.29 is 4.52 Å². The second-order valence-electron chi connectivity index (χ2n) is 5.14. The summed E-state index contributed by atoms with van der Waals surface area (Å²) in [4.78, 5) is 6.80. The highest BCUT2D eigenvalue weighted by Crippen LogP contribution is 2.30. The van der Waals surface area contributed by atoms with Crippen LogP contribution in [0.1, 0.15) is 51.8 Å². The molecule has 0 aromatic carbocycles. The molecule has 0 unspecified atom stereocenters. The van der Waals surface area contributed by atoms with Gasteiger partial charge in [0.25, 0.3) is 5.95 Å². The van der Waals surface area contributed by atoms with Gasteiger partial charge in [-0.25, -0.2) is 0 Å². The number of nitrogens with two attached hydrogens (primary N) is 1. The van der Waals surface area contributed by atoms with E-state index in [-0.39, 0.29) is 5.41 Å². The maximum Gasteiger partial charge on any atom is 0.266 e. The summed E-state index contributed by atoms with van der Waals surface area (Å²) in [5.41, 5.74) is 5.76. The molecule has 0 atom stereocenters. The summed E-state index contributed by atoms with van der Waals surface area (Å²) in [6.07, 6.45) is 5.60. The third kappa shape index (κ3) is 2.36. The van der Waals surface area contributed by atoms with E-state index < -0.39 is 0 Å². The zero-order chi connectivity index (χ0) is 13.0. The molecule has 2 N–H and O–H groups in total. The van der Waals surface area contributed by atoms with Gasteiger partial charge in [-0.2, -0.15) is 4.98 Å². The monoisotopic (exact) mass is 252 g/mol. The van der Waals surface area contributed by atoms with Crippen molar-refractivity contribution in [2.45, 2.75) is 51.4 Å². The number of piperidine rings is 1. The van der Waals surface area contributed by atoms with Gasteiger partial charge in [-0.05, 0) is 37.3 Å². The first-order valence-electron chi connectivity index (χ1n) is 7.05. The summed E-state index contributed by atoms with van der Waals surface area (Å²) < 4.78 is 5.47. The first-order chi connectivity index (χ1) is 8.75. The van der Waals surface area contributed by atoms with Crippen molar-refractivity contribution in [1.82, 2.24) is 10.1 Å². The molecule has 18 heavy (non-hydrogen) atoms. The van der Waals surface area contributed by atoms with Crippen LogP contribution in [0.3, 0.4) is 0 Å². The molecule has 0 spiro atoms. The Morgan fingerprint density at radius 2 is 1.89 bits per heavy atom. The smallest absolute Gasteiger partial charge is 0.266 e. The van der Waals surface area contributed by atoms with Crippen LogP contribution in [0.25, 0.3) is 0 Å². The molecule has 5 nitrogen and oxygen atoms in total. The lowest BCUT2D eigenvalue weighted by Crippen LogP contribution is -2.34. The van der Waals surface area contributed by atoms with Crippen LogP contribution in [0, 0.1) is 0 Å². The molecule has 1 aliphatic rings. The van der Waals surface area contributed by atoms with Crippen LogP contribution >= 0.6 is 0 Å². The van der Waals surface area contributed by atoms with Crippen LogP contribution in [-0.2, 0) is 5.41 Å². The van der Waals surface area contributed by atoms with Crippen LogP contribution in [0.5, 0.6) is 0 Å². The molecule has 0 radical (unpaired) electrons. The number of rotatable bonds is 5. The van der Waals surface area contributed by atoms with Gasteiger partial charge in [0.05, 0.1) is 5.41 Å². The number of anilines is 1. The summed E-state index contributed by atoms with van der Waals surface area (Å²) in [7, 11) is 0. The number of hydrogen-bond acceptors (Lipinski definition) is 5. The van der Waals surface area contributed by atoms with Gasteiger partial charge >= 0.3 is 0 Å². The molecule has 0 saturated carbocycles. The molecule has 2 heterocycles. The normalized spacial score (nSPS) is 17.2. The highest BCUT2D eigenvalue weighted by Gasteiger charge is 2.34. The van der Waals surface area contributed by atoms with Crippen molar-refractivity contribution in [3.8, 4) is 0 Å². The molecular formula is C13H24N4O. The minimum Gasteiger partial charge on any atom is -0.338 e. The predicted molar refractivity (Wildman–Crippen MR) is 71.7 cm³/mol. The summed E-state index contributed by atoms with van der Waals surface area (Å²) in [6, 6.07) is 0. The minimum absolute atomic E-state index is 0.152. The van der Waals surface area contributed by atoms with E-state index in [0.29, 0.717) is 12.4 Å². The zero-order valence-electron chi connectivity index (χ0n) is 11.5. The Morgan fingerprint density at radius 3 is 2.44 bits per heavy atom. The van der Waals surface area contributed by atoms with Crippen molar-refractivity contribution in [3.63, 3.8) is 0 Å². The average molecular weight is 252 g/mol. The molecule has 0 amide bonds. The first kappa shape index (κ1) is 13.3. The van der Waals surface area contributed by atoms with Crippen LogP contribution in [0.4, 0.5) is 5.95 Å². The number of nitrogens with zero attached hydrogens (tertiary/aromatic N) is 3. The summed E-state index contributed by atoms with van der Waals surface area (Å²) in [5.74, 6) is 1.44. The van der Waals surface area contributed by atoms with Gasteiger partial charge in [-0.3, -0.25) is 0 Å². The Morgan fingerprint density at radius 1 is 1.22 bits per heavy atom. The van der Waals surface area contributed by atoms with Crippen molar-refractivity contribution in [3.05, 3.63) is 5.89 Å². The molecule has 5 heteroatoms. The van der Waals surface area contributed by atoms with E-state index in [2.05, 4.69) is 28.9 Å². The second-order valence-corrected chi connectivity index (χ2v) is 5.14. The number of hydrogen-bond donors (Lipinski definition) is 1. The fourth-order valence-corrected chi connectivity index (χ4v) is 2.58. The maximum atomic E-state index is 5.91. The lowest BCUT2D eigenvalue weighted by molar-refractivity contribution is 0.267. The minimum atomic E-state index is -0.152. The number of aromatic nitrogens is 2. The third-order valence-electron chi connectivity index (χ3n) is 4.25. The first-order valence-corrected chi connectivity index (χ1v) is 7.05. The van der Waals surface area contributed by atoms with Crippen LogP contribution in [0.2, 0.25) is 0 Å². The van der Waals surface area contributed by atoms with Gasteiger partial charge in [-0.15, -0.1) is 0 Å². The third-order valence-corrected chi connectivity index (χ3v) is 4.25. The quantitative estimate of drug-likeness (QED) is 0.869. The molecule has 0 bridgehead atoms. The predicted octanol–water partition coefficient (Wildman–Crippen LogP) is 2.08. The largest absolute Gasteiger partial charge is 0.338 e. The fourth-order valence-electron chi connectivity index (χ4n) is 2.58. The lowest BCUT2D eigenvalue weighted by Gasteiger charge is -2.26. The molecule has 1 aromatic rings. The zero-order valence-corrected chi connectivity index (χ0v) is 11.5. The molecule has 1 saturated heterocycles. The average Bonchev–Trinajstić information content (AvgIpc) is 2.93. The molecular weight excluding hydrogens is 228 g/mol. The Kier molecular flexibility index (Phi) is 4.22. The van der Waals surface area contributed by atoms with Crippen LogP contribution < -0.4 is 10.6 Å². The second kappa shape index (κ2) is 5.69. The highest BCUT2D eigenvalue weighted by atomic mass is 16.5. The van der Waals surface area contributed by atoms with Crippen molar-refractivity contribution in [2.75, 3.05) is 24.5 Å². The van der Waals surface area contributed by atoms with Crippen LogP contribution in [-0.4, -0.2) is 29.8 Å². The summed E-state index contributed by atoms with van der Waals surface area (Å²) in [5, 5.41) is 4.13. The molecule has 1 aromatic heterocycles. The van der Waals surface area contributed by atoms with Crippen molar-refractivity contribution in [1.29, 1.82) is 0 Å². The topological polar surface area (TPSA) is 68.2 Å².